The molecule has 168 valence electrons. The minimum atomic E-state index is -0.594. The number of carbonyl (C=O) groups excluding carboxylic acids is 2. The topological polar surface area (TPSA) is 67.9 Å². The predicted octanol–water partition coefficient (Wildman–Crippen LogP) is 4.02. The predicted molar refractivity (Wildman–Crippen MR) is 122 cm³/mol. The zero-order valence-corrected chi connectivity index (χ0v) is 19.4. The first-order valence-corrected chi connectivity index (χ1v) is 10.7. The van der Waals surface area contributed by atoms with Crippen molar-refractivity contribution in [1.29, 1.82) is 0 Å². The molecule has 1 N–H and O–H groups in total. The van der Waals surface area contributed by atoms with Crippen LogP contribution in [0.25, 0.3) is 0 Å². The van der Waals surface area contributed by atoms with Gasteiger partial charge in [-0.3, -0.25) is 9.59 Å². The van der Waals surface area contributed by atoms with Crippen LogP contribution in [0, 0.1) is 13.8 Å². The Kier molecular flexibility index (Phi) is 8.91. The maximum Gasteiger partial charge on any atom is 0.261 e. The standard InChI is InChI=1S/C25H34N2O4/c1-7-22(25(29)26-17(2)3)27(15-20-9-8-10-21(14-20)30-6)24(28)16-31-23-13-18(4)11-12-19(23)5/h8-14,17,22H,7,15-16H2,1-6H3,(H,26,29)/t22-/m1/s1. The van der Waals surface area contributed by atoms with Crippen molar-refractivity contribution >= 4 is 11.8 Å². The Morgan fingerprint density at radius 2 is 1.84 bits per heavy atom. The van der Waals surface area contributed by atoms with Gasteiger partial charge in [-0.15, -0.1) is 0 Å². The lowest BCUT2D eigenvalue weighted by molar-refractivity contribution is -0.143. The summed E-state index contributed by atoms with van der Waals surface area (Å²) < 4.78 is 11.2. The highest BCUT2D eigenvalue weighted by atomic mass is 16.5. The average Bonchev–Trinajstić information content (AvgIpc) is 2.73. The van der Waals surface area contributed by atoms with Gasteiger partial charge < -0.3 is 19.7 Å². The van der Waals surface area contributed by atoms with Gasteiger partial charge in [-0.05, 0) is 69.0 Å². The third-order valence-corrected chi connectivity index (χ3v) is 5.00. The van der Waals surface area contributed by atoms with Gasteiger partial charge in [-0.1, -0.05) is 31.2 Å². The molecule has 0 aliphatic heterocycles. The minimum Gasteiger partial charge on any atom is -0.497 e. The Balaban J connectivity index is 2.26. The Bertz CT molecular complexity index is 895. The van der Waals surface area contributed by atoms with Gasteiger partial charge in [0.2, 0.25) is 5.91 Å². The molecule has 0 fully saturated rings. The van der Waals surface area contributed by atoms with Gasteiger partial charge in [0, 0.05) is 12.6 Å². The SMILES string of the molecule is CC[C@H](C(=O)NC(C)C)N(Cc1cccc(OC)c1)C(=O)COc1cc(C)ccc1C. The summed E-state index contributed by atoms with van der Waals surface area (Å²) in [6.45, 7) is 9.79. The van der Waals surface area contributed by atoms with Gasteiger partial charge in [0.1, 0.15) is 17.5 Å². The monoisotopic (exact) mass is 426 g/mol. The van der Waals surface area contributed by atoms with E-state index < -0.39 is 6.04 Å². The molecule has 31 heavy (non-hydrogen) atoms. The summed E-state index contributed by atoms with van der Waals surface area (Å²) in [7, 11) is 1.60. The molecule has 6 heteroatoms. The maximum absolute atomic E-state index is 13.3. The van der Waals surface area contributed by atoms with E-state index in [1.54, 1.807) is 12.0 Å². The van der Waals surface area contributed by atoms with E-state index in [0.29, 0.717) is 17.9 Å². The van der Waals surface area contributed by atoms with E-state index in [1.165, 1.54) is 0 Å². The Labute approximate surface area is 185 Å². The molecule has 2 amide bonds. The second-order valence-electron chi connectivity index (χ2n) is 8.02. The van der Waals surface area contributed by atoms with Crippen LogP contribution in [0.1, 0.15) is 43.9 Å². The van der Waals surface area contributed by atoms with Crippen LogP contribution in [0.3, 0.4) is 0 Å². The van der Waals surface area contributed by atoms with Crippen LogP contribution in [0.5, 0.6) is 11.5 Å². The van der Waals surface area contributed by atoms with Crippen LogP contribution in [0.2, 0.25) is 0 Å². The number of amides is 2. The molecule has 0 heterocycles. The summed E-state index contributed by atoms with van der Waals surface area (Å²) in [6.07, 6.45) is 0.498. The Morgan fingerprint density at radius 3 is 2.48 bits per heavy atom. The van der Waals surface area contributed by atoms with Gasteiger partial charge >= 0.3 is 0 Å². The van der Waals surface area contributed by atoms with Crippen molar-refractivity contribution in [3.05, 3.63) is 59.2 Å². The van der Waals surface area contributed by atoms with Crippen molar-refractivity contribution in [3.63, 3.8) is 0 Å². The highest BCUT2D eigenvalue weighted by Gasteiger charge is 2.29. The third-order valence-electron chi connectivity index (χ3n) is 5.00. The van der Waals surface area contributed by atoms with Crippen LogP contribution in [-0.4, -0.2) is 42.5 Å². The summed E-state index contributed by atoms with van der Waals surface area (Å²) in [5.41, 5.74) is 2.90. The van der Waals surface area contributed by atoms with Crippen LogP contribution >= 0.6 is 0 Å². The van der Waals surface area contributed by atoms with Gasteiger partial charge in [0.25, 0.3) is 5.91 Å². The number of ether oxygens (including phenoxy) is 2. The molecule has 0 saturated heterocycles. The smallest absolute Gasteiger partial charge is 0.261 e. The van der Waals surface area contributed by atoms with Crippen molar-refractivity contribution < 1.29 is 19.1 Å². The van der Waals surface area contributed by atoms with Crippen LogP contribution < -0.4 is 14.8 Å². The lowest BCUT2D eigenvalue weighted by Gasteiger charge is -2.31. The Hall–Kier alpha value is -3.02. The number of carbonyl (C=O) groups is 2. The van der Waals surface area contributed by atoms with Crippen molar-refractivity contribution in [2.24, 2.45) is 0 Å². The average molecular weight is 427 g/mol. The number of aryl methyl sites for hydroxylation is 2. The summed E-state index contributed by atoms with van der Waals surface area (Å²) in [5, 5.41) is 2.93. The fourth-order valence-corrected chi connectivity index (χ4v) is 3.35. The number of nitrogens with zero attached hydrogens (tertiary/aromatic N) is 1. The molecule has 1 atom stereocenters. The van der Waals surface area contributed by atoms with Gasteiger partial charge in [0.15, 0.2) is 6.61 Å². The van der Waals surface area contributed by atoms with Gasteiger partial charge in [-0.2, -0.15) is 0 Å². The summed E-state index contributed by atoms with van der Waals surface area (Å²) in [5.74, 6) is 0.973. The van der Waals surface area contributed by atoms with Gasteiger partial charge in [0.05, 0.1) is 7.11 Å². The largest absolute Gasteiger partial charge is 0.497 e. The van der Waals surface area contributed by atoms with Crippen molar-refractivity contribution in [2.45, 2.75) is 59.7 Å². The molecule has 2 aromatic rings. The second kappa shape index (κ2) is 11.4. The van der Waals surface area contributed by atoms with Gasteiger partial charge in [-0.25, -0.2) is 0 Å². The fourth-order valence-electron chi connectivity index (χ4n) is 3.35. The number of hydrogen-bond acceptors (Lipinski definition) is 4. The Morgan fingerprint density at radius 1 is 1.10 bits per heavy atom. The quantitative estimate of drug-likeness (QED) is 0.623. The molecule has 0 aliphatic rings. The first-order chi connectivity index (χ1) is 14.7. The zero-order valence-electron chi connectivity index (χ0n) is 19.4. The summed E-state index contributed by atoms with van der Waals surface area (Å²) in [4.78, 5) is 27.7. The molecule has 0 bridgehead atoms. The highest BCUT2D eigenvalue weighted by molar-refractivity contribution is 5.88. The lowest BCUT2D eigenvalue weighted by Crippen LogP contribution is -2.51. The first kappa shape index (κ1) is 24.3. The molecule has 2 aromatic carbocycles. The van der Waals surface area contributed by atoms with E-state index in [4.69, 9.17) is 9.47 Å². The van der Waals surface area contributed by atoms with E-state index >= 15 is 0 Å². The molecule has 0 radical (unpaired) electrons. The van der Waals surface area contributed by atoms with E-state index in [0.717, 1.165) is 16.7 Å². The number of nitrogens with one attached hydrogen (secondary N) is 1. The third kappa shape index (κ3) is 7.02. The van der Waals surface area contributed by atoms with Crippen LogP contribution in [0.4, 0.5) is 0 Å². The van der Waals surface area contributed by atoms with Crippen molar-refractivity contribution in [1.82, 2.24) is 10.2 Å². The van der Waals surface area contributed by atoms with Crippen LogP contribution in [-0.2, 0) is 16.1 Å². The molecule has 2 rings (SSSR count). The number of benzene rings is 2. The summed E-state index contributed by atoms with van der Waals surface area (Å²) in [6, 6.07) is 12.8. The molecule has 0 spiro atoms. The van der Waals surface area contributed by atoms with E-state index in [2.05, 4.69) is 5.32 Å². The van der Waals surface area contributed by atoms with E-state index in [-0.39, 0.29) is 31.0 Å². The fraction of sp³-hybridized carbons (Fsp3) is 0.440. The highest BCUT2D eigenvalue weighted by Crippen LogP contribution is 2.21. The second-order valence-corrected chi connectivity index (χ2v) is 8.02. The van der Waals surface area contributed by atoms with Crippen molar-refractivity contribution in [2.75, 3.05) is 13.7 Å². The van der Waals surface area contributed by atoms with E-state index in [1.807, 2.05) is 77.1 Å². The zero-order chi connectivity index (χ0) is 23.0. The molecule has 6 nitrogen and oxygen atoms in total. The maximum atomic E-state index is 13.3. The summed E-state index contributed by atoms with van der Waals surface area (Å²) >= 11 is 0. The molecular weight excluding hydrogens is 392 g/mol. The van der Waals surface area contributed by atoms with Crippen LogP contribution in [0.15, 0.2) is 42.5 Å². The first-order valence-electron chi connectivity index (χ1n) is 10.7. The lowest BCUT2D eigenvalue weighted by atomic mass is 10.1. The van der Waals surface area contributed by atoms with E-state index in [9.17, 15) is 9.59 Å². The number of hydrogen-bond donors (Lipinski definition) is 1. The minimum absolute atomic E-state index is 0.0125. The normalized spacial score (nSPS) is 11.7. The molecule has 0 unspecified atom stereocenters. The molecule has 0 aliphatic carbocycles. The molecule has 0 saturated carbocycles. The molecule has 0 aromatic heterocycles. The molecular formula is C25H34N2O4. The number of rotatable bonds is 10. The number of methoxy groups -OCH3 is 1. The van der Waals surface area contributed by atoms with Crippen molar-refractivity contribution in [3.8, 4) is 11.5 Å².